The van der Waals surface area contributed by atoms with Crippen molar-refractivity contribution in [2.24, 2.45) is 5.92 Å². The number of methoxy groups -OCH3 is 1. The lowest BCUT2D eigenvalue weighted by atomic mass is 10.1. The second-order valence-electron chi connectivity index (χ2n) is 3.99. The molecule has 110 valence electrons. The van der Waals surface area contributed by atoms with Gasteiger partial charge in [-0.1, -0.05) is 0 Å². The average molecular weight is 283 g/mol. The van der Waals surface area contributed by atoms with Crippen molar-refractivity contribution in [3.05, 3.63) is 18.2 Å². The van der Waals surface area contributed by atoms with Crippen molar-refractivity contribution >= 4 is 17.6 Å². The highest BCUT2D eigenvalue weighted by molar-refractivity contribution is 6.03. The van der Waals surface area contributed by atoms with Gasteiger partial charge in [-0.05, 0) is 19.1 Å². The van der Waals surface area contributed by atoms with Crippen LogP contribution >= 0.6 is 0 Å². The van der Waals surface area contributed by atoms with Gasteiger partial charge >= 0.3 is 5.97 Å². The summed E-state index contributed by atoms with van der Waals surface area (Å²) in [4.78, 5) is 22.3. The summed E-state index contributed by atoms with van der Waals surface area (Å²) in [7, 11) is 1.46. The first kappa shape index (κ1) is 15.8. The van der Waals surface area contributed by atoms with E-state index in [4.69, 9.17) is 19.7 Å². The Bertz CT molecular complexity index is 488. The zero-order chi connectivity index (χ0) is 15.1. The topological polar surface area (TPSA) is 105 Å². The van der Waals surface area contributed by atoms with Gasteiger partial charge in [0.15, 0.2) is 11.5 Å². The molecule has 3 N–H and O–H groups in total. The van der Waals surface area contributed by atoms with Gasteiger partial charge in [-0.25, -0.2) is 0 Å². The number of hydrogen-bond donors (Lipinski definition) is 3. The van der Waals surface area contributed by atoms with E-state index >= 15 is 0 Å². The van der Waals surface area contributed by atoms with Crippen molar-refractivity contribution in [1.29, 1.82) is 0 Å². The third kappa shape index (κ3) is 4.13. The summed E-state index contributed by atoms with van der Waals surface area (Å²) < 4.78 is 10.3. The average Bonchev–Trinajstić information content (AvgIpc) is 2.44. The SMILES string of the molecule is COc1ccc(NC(=O)C(C)C(=O)O)cc1OCCO. The van der Waals surface area contributed by atoms with Crippen LogP contribution in [0.4, 0.5) is 5.69 Å². The van der Waals surface area contributed by atoms with E-state index in [-0.39, 0.29) is 13.2 Å². The van der Waals surface area contributed by atoms with Gasteiger partial charge < -0.3 is 25.0 Å². The van der Waals surface area contributed by atoms with Crippen LogP contribution < -0.4 is 14.8 Å². The van der Waals surface area contributed by atoms with Gasteiger partial charge in [0.25, 0.3) is 0 Å². The van der Waals surface area contributed by atoms with E-state index < -0.39 is 17.8 Å². The van der Waals surface area contributed by atoms with Gasteiger partial charge in [-0.15, -0.1) is 0 Å². The van der Waals surface area contributed by atoms with Gasteiger partial charge in [-0.2, -0.15) is 0 Å². The molecular weight excluding hydrogens is 266 g/mol. The maximum atomic E-state index is 11.6. The molecule has 0 aromatic heterocycles. The number of benzene rings is 1. The van der Waals surface area contributed by atoms with Crippen molar-refractivity contribution in [3.63, 3.8) is 0 Å². The van der Waals surface area contributed by atoms with E-state index in [1.165, 1.54) is 20.1 Å². The summed E-state index contributed by atoms with van der Waals surface area (Å²) in [6.45, 7) is 1.22. The normalized spacial score (nSPS) is 11.6. The number of carboxylic acid groups (broad SMARTS) is 1. The first-order chi connectivity index (χ1) is 9.49. The Morgan fingerprint density at radius 3 is 2.60 bits per heavy atom. The molecule has 0 aliphatic rings. The number of rotatable bonds is 7. The van der Waals surface area contributed by atoms with E-state index in [0.29, 0.717) is 17.2 Å². The molecule has 7 nitrogen and oxygen atoms in total. The Morgan fingerprint density at radius 2 is 2.05 bits per heavy atom. The van der Waals surface area contributed by atoms with E-state index in [1.54, 1.807) is 12.1 Å². The lowest BCUT2D eigenvalue weighted by Gasteiger charge is -2.13. The molecular formula is C13H17NO6. The molecule has 0 bridgehead atoms. The fourth-order valence-electron chi connectivity index (χ4n) is 1.39. The summed E-state index contributed by atoms with van der Waals surface area (Å²) >= 11 is 0. The molecule has 0 radical (unpaired) electrons. The van der Waals surface area contributed by atoms with Gasteiger partial charge in [0.2, 0.25) is 5.91 Å². The molecule has 1 atom stereocenters. The molecule has 0 heterocycles. The Labute approximate surface area is 116 Å². The smallest absolute Gasteiger partial charge is 0.315 e. The molecule has 1 unspecified atom stereocenters. The number of carbonyl (C=O) groups is 2. The molecule has 1 rings (SSSR count). The third-order valence-corrected chi connectivity index (χ3v) is 2.54. The molecule has 0 saturated heterocycles. The second kappa shape index (κ2) is 7.34. The van der Waals surface area contributed by atoms with Crippen LogP contribution in [0.5, 0.6) is 11.5 Å². The summed E-state index contributed by atoms with van der Waals surface area (Å²) in [6.07, 6.45) is 0. The van der Waals surface area contributed by atoms with Crippen molar-refractivity contribution in [2.75, 3.05) is 25.6 Å². The first-order valence-electron chi connectivity index (χ1n) is 5.95. The van der Waals surface area contributed by atoms with Crippen LogP contribution in [0.1, 0.15) is 6.92 Å². The fraction of sp³-hybridized carbons (Fsp3) is 0.385. The number of aliphatic carboxylic acids is 1. The highest BCUT2D eigenvalue weighted by Gasteiger charge is 2.20. The van der Waals surface area contributed by atoms with Gasteiger partial charge in [-0.3, -0.25) is 9.59 Å². The molecule has 1 aromatic carbocycles. The van der Waals surface area contributed by atoms with Crippen LogP contribution in [0.3, 0.4) is 0 Å². The number of amides is 1. The summed E-state index contributed by atoms with van der Waals surface area (Å²) in [5.74, 6) is -2.19. The molecule has 20 heavy (non-hydrogen) atoms. The number of carbonyl (C=O) groups excluding carboxylic acids is 1. The van der Waals surface area contributed by atoms with Crippen LogP contribution in [0.2, 0.25) is 0 Å². The zero-order valence-electron chi connectivity index (χ0n) is 11.3. The minimum Gasteiger partial charge on any atom is -0.493 e. The highest BCUT2D eigenvalue weighted by atomic mass is 16.5. The van der Waals surface area contributed by atoms with Crippen LogP contribution in [0.25, 0.3) is 0 Å². The number of anilines is 1. The van der Waals surface area contributed by atoms with E-state index in [0.717, 1.165) is 0 Å². The lowest BCUT2D eigenvalue weighted by molar-refractivity contribution is -0.144. The Kier molecular flexibility index (Phi) is 5.79. The minimum absolute atomic E-state index is 0.0826. The molecule has 0 fully saturated rings. The number of aliphatic hydroxyl groups is 1. The molecule has 0 aliphatic carbocycles. The molecule has 1 amide bonds. The third-order valence-electron chi connectivity index (χ3n) is 2.54. The van der Waals surface area contributed by atoms with Crippen LogP contribution in [-0.4, -0.2) is 42.4 Å². The highest BCUT2D eigenvalue weighted by Crippen LogP contribution is 2.30. The van der Waals surface area contributed by atoms with E-state index in [2.05, 4.69) is 5.32 Å². The summed E-state index contributed by atoms with van der Waals surface area (Å²) in [5.41, 5.74) is 0.386. The monoisotopic (exact) mass is 283 g/mol. The predicted molar refractivity (Wildman–Crippen MR) is 71.0 cm³/mol. The quantitative estimate of drug-likeness (QED) is 0.637. The Hall–Kier alpha value is -2.28. The van der Waals surface area contributed by atoms with Crippen molar-refractivity contribution in [3.8, 4) is 11.5 Å². The van der Waals surface area contributed by atoms with Gasteiger partial charge in [0.1, 0.15) is 12.5 Å². The minimum atomic E-state index is -1.20. The van der Waals surface area contributed by atoms with E-state index in [9.17, 15) is 9.59 Å². The van der Waals surface area contributed by atoms with Crippen LogP contribution in [0.15, 0.2) is 18.2 Å². The van der Waals surface area contributed by atoms with Gasteiger partial charge in [0, 0.05) is 11.8 Å². The summed E-state index contributed by atoms with van der Waals surface area (Å²) in [6, 6.07) is 4.64. The standard InChI is InChI=1S/C13H17NO6/c1-8(13(17)18)12(16)14-9-3-4-10(19-2)11(7-9)20-6-5-15/h3-4,7-8,15H,5-6H2,1-2H3,(H,14,16)(H,17,18). The Balaban J connectivity index is 2.85. The number of ether oxygens (including phenoxy) is 2. The maximum Gasteiger partial charge on any atom is 0.315 e. The number of aliphatic hydroxyl groups excluding tert-OH is 1. The largest absolute Gasteiger partial charge is 0.493 e. The van der Waals surface area contributed by atoms with Gasteiger partial charge in [0.05, 0.1) is 13.7 Å². The molecule has 0 spiro atoms. The number of carboxylic acids is 1. The fourth-order valence-corrected chi connectivity index (χ4v) is 1.39. The number of hydrogen-bond acceptors (Lipinski definition) is 5. The molecule has 0 aliphatic heterocycles. The molecule has 7 heteroatoms. The first-order valence-corrected chi connectivity index (χ1v) is 5.95. The summed E-state index contributed by atoms with van der Waals surface area (Å²) in [5, 5.41) is 20.0. The van der Waals surface area contributed by atoms with Crippen LogP contribution in [0, 0.1) is 5.92 Å². The van der Waals surface area contributed by atoms with Crippen LogP contribution in [-0.2, 0) is 9.59 Å². The Morgan fingerprint density at radius 1 is 1.35 bits per heavy atom. The van der Waals surface area contributed by atoms with Crippen molar-refractivity contribution in [2.45, 2.75) is 6.92 Å². The lowest BCUT2D eigenvalue weighted by Crippen LogP contribution is -2.26. The number of nitrogens with one attached hydrogen (secondary N) is 1. The zero-order valence-corrected chi connectivity index (χ0v) is 11.3. The second-order valence-corrected chi connectivity index (χ2v) is 3.99. The molecule has 1 aromatic rings. The predicted octanol–water partition coefficient (Wildman–Crippen LogP) is 0.725. The van der Waals surface area contributed by atoms with Crippen molar-refractivity contribution < 1.29 is 29.3 Å². The van der Waals surface area contributed by atoms with E-state index in [1.807, 2.05) is 0 Å². The maximum absolute atomic E-state index is 11.6. The van der Waals surface area contributed by atoms with Crippen molar-refractivity contribution in [1.82, 2.24) is 0 Å². The molecule has 0 saturated carbocycles.